The van der Waals surface area contributed by atoms with Gasteiger partial charge in [-0.3, -0.25) is 9.88 Å². The Hall–Kier alpha value is -4.26. The monoisotopic (exact) mass is 557 g/mol. The van der Waals surface area contributed by atoms with E-state index in [4.69, 9.17) is 4.42 Å². The number of amides is 2. The van der Waals surface area contributed by atoms with Crippen LogP contribution < -0.4 is 4.90 Å². The van der Waals surface area contributed by atoms with E-state index in [1.54, 1.807) is 24.5 Å². The maximum absolute atomic E-state index is 15.2. The van der Waals surface area contributed by atoms with Crippen molar-refractivity contribution in [1.29, 1.82) is 0 Å². The Balaban J connectivity index is 1.43. The number of aromatic nitrogens is 3. The first kappa shape index (κ1) is 26.4. The molecule has 0 saturated carbocycles. The van der Waals surface area contributed by atoms with Crippen molar-refractivity contribution in [1.82, 2.24) is 20.1 Å². The molecule has 2 aromatic heterocycles. The fourth-order valence-electron chi connectivity index (χ4n) is 4.14. The number of halogens is 3. The number of hydrogen-bond acceptors (Lipinski definition) is 7. The van der Waals surface area contributed by atoms with Crippen molar-refractivity contribution in [2.24, 2.45) is 0 Å². The van der Waals surface area contributed by atoms with E-state index in [2.05, 4.69) is 15.2 Å². The Morgan fingerprint density at radius 1 is 0.949 bits per heavy atom. The maximum atomic E-state index is 15.2. The van der Waals surface area contributed by atoms with Gasteiger partial charge in [-0.05, 0) is 47.5 Å². The number of carbonyl (C=O) groups is 1. The molecule has 0 radical (unpaired) electrons. The molecule has 2 amide bonds. The van der Waals surface area contributed by atoms with Crippen LogP contribution in [0.3, 0.4) is 0 Å². The van der Waals surface area contributed by atoms with E-state index in [9.17, 15) is 22.0 Å². The minimum atomic E-state index is -3.22. The zero-order valence-corrected chi connectivity index (χ0v) is 21.2. The highest BCUT2D eigenvalue weighted by molar-refractivity contribution is 7.91. The highest BCUT2D eigenvalue weighted by atomic mass is 32.2. The Morgan fingerprint density at radius 3 is 2.21 bits per heavy atom. The van der Waals surface area contributed by atoms with Gasteiger partial charge in [0.2, 0.25) is 5.89 Å². The lowest BCUT2D eigenvalue weighted by Crippen LogP contribution is -2.49. The van der Waals surface area contributed by atoms with E-state index in [1.807, 2.05) is 24.3 Å². The molecule has 0 atom stereocenters. The van der Waals surface area contributed by atoms with Crippen LogP contribution in [0.25, 0.3) is 22.6 Å². The molecule has 0 aliphatic carbocycles. The number of sulfone groups is 1. The largest absolute Gasteiger partial charge is 0.415 e. The zero-order valence-electron chi connectivity index (χ0n) is 20.4. The SMILES string of the molecule is O=C(N1CCS(=O)(=O)CC1)N(Cc1ccc(-c2nnc(C(F)F)o2)cc1F)c1ccc(-c2ccncc2)cc1. The van der Waals surface area contributed by atoms with Gasteiger partial charge < -0.3 is 9.32 Å². The Kier molecular flexibility index (Phi) is 7.33. The fraction of sp³-hybridized carbons (Fsp3) is 0.231. The van der Waals surface area contributed by atoms with Crippen LogP contribution in [0.1, 0.15) is 17.9 Å². The minimum Gasteiger partial charge on any atom is -0.415 e. The number of carbonyl (C=O) groups excluding carboxylic acids is 1. The molecule has 0 spiro atoms. The molecular formula is C26H22F3N5O4S. The third kappa shape index (κ3) is 5.93. The van der Waals surface area contributed by atoms with Gasteiger partial charge in [-0.15, -0.1) is 10.2 Å². The summed E-state index contributed by atoms with van der Waals surface area (Å²) in [6.07, 6.45) is 0.376. The van der Waals surface area contributed by atoms with Crippen molar-refractivity contribution in [3.63, 3.8) is 0 Å². The lowest BCUT2D eigenvalue weighted by molar-refractivity contribution is 0.116. The first-order valence-corrected chi connectivity index (χ1v) is 13.7. The highest BCUT2D eigenvalue weighted by Crippen LogP contribution is 2.28. The van der Waals surface area contributed by atoms with Gasteiger partial charge in [0, 0.05) is 42.3 Å². The lowest BCUT2D eigenvalue weighted by atomic mass is 10.1. The van der Waals surface area contributed by atoms with Crippen molar-refractivity contribution in [3.8, 4) is 22.6 Å². The van der Waals surface area contributed by atoms with E-state index >= 15 is 4.39 Å². The minimum absolute atomic E-state index is 0.0256. The zero-order chi connectivity index (χ0) is 27.6. The first-order valence-electron chi connectivity index (χ1n) is 11.9. The predicted octanol–water partition coefficient (Wildman–Crippen LogP) is 4.73. The second kappa shape index (κ2) is 10.8. The Bertz CT molecular complexity index is 1570. The summed E-state index contributed by atoms with van der Waals surface area (Å²) >= 11 is 0. The highest BCUT2D eigenvalue weighted by Gasteiger charge is 2.29. The van der Waals surface area contributed by atoms with Gasteiger partial charge in [-0.2, -0.15) is 8.78 Å². The second-order valence-electron chi connectivity index (χ2n) is 8.84. The molecule has 5 rings (SSSR count). The summed E-state index contributed by atoms with van der Waals surface area (Å²) in [6.45, 7) is -0.120. The topological polar surface area (TPSA) is 110 Å². The number of hydrogen-bond donors (Lipinski definition) is 0. The number of rotatable bonds is 6. The van der Waals surface area contributed by atoms with Crippen molar-refractivity contribution < 1.29 is 30.8 Å². The Morgan fingerprint density at radius 2 is 1.59 bits per heavy atom. The molecule has 39 heavy (non-hydrogen) atoms. The molecule has 0 unspecified atom stereocenters. The van der Waals surface area contributed by atoms with E-state index in [-0.39, 0.29) is 48.2 Å². The Labute approximate surface area is 221 Å². The van der Waals surface area contributed by atoms with Crippen molar-refractivity contribution in [2.45, 2.75) is 13.0 Å². The van der Waals surface area contributed by atoms with Gasteiger partial charge >= 0.3 is 12.5 Å². The average molecular weight is 558 g/mol. The summed E-state index contributed by atoms with van der Waals surface area (Å²) in [5, 5.41) is 6.79. The summed E-state index contributed by atoms with van der Waals surface area (Å²) in [6, 6.07) is 14.2. The molecule has 0 N–H and O–H groups in total. The quantitative estimate of drug-likeness (QED) is 0.337. The lowest BCUT2D eigenvalue weighted by Gasteiger charge is -2.33. The van der Waals surface area contributed by atoms with Gasteiger partial charge in [0.15, 0.2) is 9.84 Å². The van der Waals surface area contributed by atoms with Crippen LogP contribution in [0.15, 0.2) is 71.4 Å². The third-order valence-electron chi connectivity index (χ3n) is 6.29. The van der Waals surface area contributed by atoms with Crippen LogP contribution in [0.2, 0.25) is 0 Å². The average Bonchev–Trinajstić information content (AvgIpc) is 3.44. The molecule has 9 nitrogen and oxygen atoms in total. The number of alkyl halides is 2. The molecule has 1 aliphatic rings. The van der Waals surface area contributed by atoms with Crippen molar-refractivity contribution in [3.05, 3.63) is 84.3 Å². The van der Waals surface area contributed by atoms with E-state index < -0.39 is 34.0 Å². The van der Waals surface area contributed by atoms with Crippen LogP contribution in [0, 0.1) is 5.82 Å². The van der Waals surface area contributed by atoms with Gasteiger partial charge in [-0.1, -0.05) is 18.2 Å². The summed E-state index contributed by atoms with van der Waals surface area (Å²) in [7, 11) is -3.22. The van der Waals surface area contributed by atoms with Crippen LogP contribution in [0.5, 0.6) is 0 Å². The smallest absolute Gasteiger partial charge is 0.324 e. The van der Waals surface area contributed by atoms with Gasteiger partial charge in [-0.25, -0.2) is 17.6 Å². The summed E-state index contributed by atoms with van der Waals surface area (Å²) in [5.41, 5.74) is 2.54. The van der Waals surface area contributed by atoms with Crippen molar-refractivity contribution >= 4 is 21.6 Å². The van der Waals surface area contributed by atoms with Gasteiger partial charge in [0.25, 0.3) is 5.89 Å². The molecule has 1 fully saturated rings. The number of anilines is 1. The number of pyridine rings is 1. The molecule has 13 heteroatoms. The molecule has 4 aromatic rings. The normalized spacial score (nSPS) is 14.9. The molecular weight excluding hydrogens is 535 g/mol. The maximum Gasteiger partial charge on any atom is 0.324 e. The molecule has 1 saturated heterocycles. The number of benzene rings is 2. The van der Waals surface area contributed by atoms with E-state index in [0.29, 0.717) is 5.69 Å². The van der Waals surface area contributed by atoms with E-state index in [1.165, 1.54) is 21.9 Å². The van der Waals surface area contributed by atoms with Crippen LogP contribution in [-0.2, 0) is 16.4 Å². The number of urea groups is 1. The summed E-state index contributed by atoms with van der Waals surface area (Å²) in [5.74, 6) is -2.14. The predicted molar refractivity (Wildman–Crippen MR) is 136 cm³/mol. The molecule has 3 heterocycles. The second-order valence-corrected chi connectivity index (χ2v) is 11.1. The van der Waals surface area contributed by atoms with Gasteiger partial charge in [0.1, 0.15) is 5.82 Å². The molecule has 0 bridgehead atoms. The van der Waals surface area contributed by atoms with E-state index in [0.717, 1.165) is 17.2 Å². The summed E-state index contributed by atoms with van der Waals surface area (Å²) < 4.78 is 69.4. The summed E-state index contributed by atoms with van der Waals surface area (Å²) in [4.78, 5) is 20.4. The number of nitrogens with zero attached hydrogens (tertiary/aromatic N) is 5. The van der Waals surface area contributed by atoms with Gasteiger partial charge in [0.05, 0.1) is 18.1 Å². The standard InChI is InChI=1S/C26H22F3N5O4S/c27-22-15-19(24-31-32-25(38-24)23(28)29)1-2-20(22)16-34(26(35)33-11-13-39(36,37)14-12-33)21-5-3-17(4-6-21)18-7-9-30-10-8-18/h1-10,15,23H,11-14,16H2. The molecule has 2 aromatic carbocycles. The van der Waals surface area contributed by atoms with Crippen LogP contribution >= 0.6 is 0 Å². The van der Waals surface area contributed by atoms with Crippen molar-refractivity contribution in [2.75, 3.05) is 29.5 Å². The van der Waals surface area contributed by atoms with Crippen LogP contribution in [-0.4, -0.2) is 59.1 Å². The molecule has 1 aliphatic heterocycles. The third-order valence-corrected chi connectivity index (χ3v) is 7.90. The molecule has 202 valence electrons. The fourth-order valence-corrected chi connectivity index (χ4v) is 5.34. The first-order chi connectivity index (χ1) is 18.7. The van der Waals surface area contributed by atoms with Crippen LogP contribution in [0.4, 0.5) is 23.7 Å².